The van der Waals surface area contributed by atoms with Crippen molar-refractivity contribution in [3.8, 4) is 0 Å². The van der Waals surface area contributed by atoms with Crippen LogP contribution in [0.15, 0.2) is 29.6 Å². The van der Waals surface area contributed by atoms with Crippen molar-refractivity contribution in [2.24, 2.45) is 5.92 Å². The van der Waals surface area contributed by atoms with Crippen LogP contribution in [0.4, 0.5) is 4.39 Å². The van der Waals surface area contributed by atoms with Crippen LogP contribution in [0.25, 0.3) is 0 Å². The summed E-state index contributed by atoms with van der Waals surface area (Å²) in [5.41, 5.74) is 1.59. The molecule has 1 unspecified atom stereocenters. The number of aryl methyl sites for hydroxylation is 1. The van der Waals surface area contributed by atoms with Crippen LogP contribution in [0.5, 0.6) is 0 Å². The lowest BCUT2D eigenvalue weighted by atomic mass is 9.96. The molecule has 3 nitrogen and oxygen atoms in total. The van der Waals surface area contributed by atoms with Gasteiger partial charge < -0.3 is 5.11 Å². The molecule has 0 spiro atoms. The third kappa shape index (κ3) is 3.86. The van der Waals surface area contributed by atoms with Crippen LogP contribution in [-0.2, 0) is 17.6 Å². The molecule has 0 aliphatic heterocycles. The fourth-order valence-electron chi connectivity index (χ4n) is 1.90. The molecule has 5 heteroatoms. The molecule has 0 radical (unpaired) electrons. The molecule has 0 fully saturated rings. The van der Waals surface area contributed by atoms with Gasteiger partial charge in [-0.15, -0.1) is 11.3 Å². The maximum absolute atomic E-state index is 13.1. The fraction of sp³-hybridized carbons (Fsp3) is 0.286. The Bertz CT molecular complexity index is 582. The van der Waals surface area contributed by atoms with Crippen LogP contribution in [-0.4, -0.2) is 16.1 Å². The Hall–Kier alpha value is -1.75. The van der Waals surface area contributed by atoms with Crippen molar-refractivity contribution in [2.45, 2.75) is 19.8 Å². The molecule has 0 amide bonds. The van der Waals surface area contributed by atoms with E-state index in [1.807, 2.05) is 12.3 Å². The number of hydrogen-bond donors (Lipinski definition) is 1. The van der Waals surface area contributed by atoms with E-state index in [1.54, 1.807) is 12.1 Å². The Labute approximate surface area is 114 Å². The van der Waals surface area contributed by atoms with Crippen molar-refractivity contribution < 1.29 is 14.3 Å². The summed E-state index contributed by atoms with van der Waals surface area (Å²) in [4.78, 5) is 15.6. The Morgan fingerprint density at radius 2 is 2.26 bits per heavy atom. The van der Waals surface area contributed by atoms with E-state index in [0.29, 0.717) is 18.4 Å². The molecular formula is C14H14FNO2S. The average molecular weight is 279 g/mol. The van der Waals surface area contributed by atoms with Crippen LogP contribution in [0, 0.1) is 18.7 Å². The van der Waals surface area contributed by atoms with Gasteiger partial charge in [-0.05, 0) is 31.0 Å². The standard InChI is InChI=1S/C14H14FNO2S/c1-9-8-19-13(16-9)7-11(14(17)18)5-10-3-2-4-12(15)6-10/h2-4,6,8,11H,5,7H2,1H3,(H,17,18). The molecule has 0 aliphatic rings. The first kappa shape index (κ1) is 13.7. The van der Waals surface area contributed by atoms with Crippen molar-refractivity contribution in [1.82, 2.24) is 4.98 Å². The zero-order chi connectivity index (χ0) is 13.8. The van der Waals surface area contributed by atoms with Crippen LogP contribution >= 0.6 is 11.3 Å². The lowest BCUT2D eigenvalue weighted by Crippen LogP contribution is -2.19. The molecule has 1 N–H and O–H groups in total. The van der Waals surface area contributed by atoms with E-state index < -0.39 is 11.9 Å². The summed E-state index contributed by atoms with van der Waals surface area (Å²) < 4.78 is 13.1. The zero-order valence-electron chi connectivity index (χ0n) is 10.5. The van der Waals surface area contributed by atoms with Crippen LogP contribution in [0.3, 0.4) is 0 Å². The van der Waals surface area contributed by atoms with Gasteiger partial charge in [-0.3, -0.25) is 4.79 Å². The summed E-state index contributed by atoms with van der Waals surface area (Å²) in [7, 11) is 0. The number of benzene rings is 1. The van der Waals surface area contributed by atoms with Crippen LogP contribution in [0.1, 0.15) is 16.3 Å². The summed E-state index contributed by atoms with van der Waals surface area (Å²) in [5, 5.41) is 12.0. The second kappa shape index (κ2) is 5.93. The molecule has 0 aliphatic carbocycles. The Kier molecular flexibility index (Phi) is 4.27. The lowest BCUT2D eigenvalue weighted by molar-refractivity contribution is -0.141. The van der Waals surface area contributed by atoms with Gasteiger partial charge in [-0.2, -0.15) is 0 Å². The van der Waals surface area contributed by atoms with Crippen molar-refractivity contribution >= 4 is 17.3 Å². The normalized spacial score (nSPS) is 12.3. The summed E-state index contributed by atoms with van der Waals surface area (Å²) in [6.45, 7) is 1.88. The Balaban J connectivity index is 2.10. The minimum Gasteiger partial charge on any atom is -0.481 e. The van der Waals surface area contributed by atoms with E-state index in [4.69, 9.17) is 0 Å². The molecule has 1 aromatic carbocycles. The predicted molar refractivity (Wildman–Crippen MR) is 71.8 cm³/mol. The molecule has 1 heterocycles. The van der Waals surface area contributed by atoms with Gasteiger partial charge in [0.2, 0.25) is 0 Å². The quantitative estimate of drug-likeness (QED) is 0.915. The molecule has 0 saturated heterocycles. The first-order valence-corrected chi connectivity index (χ1v) is 6.81. The van der Waals surface area contributed by atoms with Gasteiger partial charge in [-0.25, -0.2) is 9.37 Å². The second-order valence-electron chi connectivity index (χ2n) is 4.46. The zero-order valence-corrected chi connectivity index (χ0v) is 11.3. The molecule has 1 aromatic heterocycles. The molecule has 2 rings (SSSR count). The molecule has 100 valence electrons. The Morgan fingerprint density at radius 3 is 2.84 bits per heavy atom. The fourth-order valence-corrected chi connectivity index (χ4v) is 2.76. The Morgan fingerprint density at radius 1 is 1.47 bits per heavy atom. The SMILES string of the molecule is Cc1csc(CC(Cc2cccc(F)c2)C(=O)O)n1. The smallest absolute Gasteiger partial charge is 0.307 e. The number of carbonyl (C=O) groups is 1. The van der Waals surface area contributed by atoms with E-state index in [2.05, 4.69) is 4.98 Å². The average Bonchev–Trinajstić information content (AvgIpc) is 2.74. The lowest BCUT2D eigenvalue weighted by Gasteiger charge is -2.10. The van der Waals surface area contributed by atoms with E-state index in [0.717, 1.165) is 10.7 Å². The summed E-state index contributed by atoms with van der Waals surface area (Å²) in [6.07, 6.45) is 0.691. The minimum absolute atomic E-state index is 0.311. The highest BCUT2D eigenvalue weighted by molar-refractivity contribution is 7.09. The van der Waals surface area contributed by atoms with E-state index in [1.165, 1.54) is 23.5 Å². The number of thiazole rings is 1. The van der Waals surface area contributed by atoms with Gasteiger partial charge >= 0.3 is 5.97 Å². The first-order chi connectivity index (χ1) is 9.04. The van der Waals surface area contributed by atoms with Crippen molar-refractivity contribution in [2.75, 3.05) is 0 Å². The number of carboxylic acids is 1. The monoisotopic (exact) mass is 279 g/mol. The number of aliphatic carboxylic acids is 1. The van der Waals surface area contributed by atoms with Gasteiger partial charge in [0, 0.05) is 17.5 Å². The maximum atomic E-state index is 13.1. The van der Waals surface area contributed by atoms with Crippen molar-refractivity contribution in [3.05, 3.63) is 51.7 Å². The topological polar surface area (TPSA) is 50.2 Å². The molecule has 0 bridgehead atoms. The van der Waals surface area contributed by atoms with E-state index in [-0.39, 0.29) is 5.82 Å². The number of hydrogen-bond acceptors (Lipinski definition) is 3. The summed E-state index contributed by atoms with van der Waals surface area (Å²) >= 11 is 1.46. The number of halogens is 1. The molecular weight excluding hydrogens is 265 g/mol. The number of nitrogens with zero attached hydrogens (tertiary/aromatic N) is 1. The molecule has 0 saturated carbocycles. The van der Waals surface area contributed by atoms with Gasteiger partial charge in [0.1, 0.15) is 5.82 Å². The van der Waals surface area contributed by atoms with Crippen molar-refractivity contribution in [1.29, 1.82) is 0 Å². The van der Waals surface area contributed by atoms with Crippen LogP contribution in [0.2, 0.25) is 0 Å². The number of carboxylic acid groups (broad SMARTS) is 1. The third-order valence-corrected chi connectivity index (χ3v) is 3.80. The molecule has 19 heavy (non-hydrogen) atoms. The van der Waals surface area contributed by atoms with Gasteiger partial charge in [0.05, 0.1) is 10.9 Å². The highest BCUT2D eigenvalue weighted by atomic mass is 32.1. The first-order valence-electron chi connectivity index (χ1n) is 5.93. The highest BCUT2D eigenvalue weighted by Crippen LogP contribution is 2.18. The molecule has 2 aromatic rings. The van der Waals surface area contributed by atoms with Gasteiger partial charge in [0.15, 0.2) is 0 Å². The van der Waals surface area contributed by atoms with E-state index in [9.17, 15) is 14.3 Å². The number of rotatable bonds is 5. The minimum atomic E-state index is -0.878. The van der Waals surface area contributed by atoms with Crippen LogP contribution < -0.4 is 0 Å². The predicted octanol–water partition coefficient (Wildman–Crippen LogP) is 3.08. The van der Waals surface area contributed by atoms with Gasteiger partial charge in [0.25, 0.3) is 0 Å². The molecule has 1 atom stereocenters. The summed E-state index contributed by atoms with van der Waals surface area (Å²) in [6, 6.07) is 6.07. The van der Waals surface area contributed by atoms with E-state index >= 15 is 0 Å². The van der Waals surface area contributed by atoms with Gasteiger partial charge in [-0.1, -0.05) is 12.1 Å². The second-order valence-corrected chi connectivity index (χ2v) is 5.40. The number of aromatic nitrogens is 1. The maximum Gasteiger partial charge on any atom is 0.307 e. The largest absolute Gasteiger partial charge is 0.481 e. The van der Waals surface area contributed by atoms with Crippen molar-refractivity contribution in [3.63, 3.8) is 0 Å². The third-order valence-electron chi connectivity index (χ3n) is 2.81. The highest BCUT2D eigenvalue weighted by Gasteiger charge is 2.20. The summed E-state index contributed by atoms with van der Waals surface area (Å²) in [5.74, 6) is -1.80.